The van der Waals surface area contributed by atoms with E-state index in [0.717, 1.165) is 0 Å². The smallest absolute Gasteiger partial charge is 0.449 e. The fourth-order valence-electron chi connectivity index (χ4n) is 1.49. The van der Waals surface area contributed by atoms with Crippen molar-refractivity contribution in [3.63, 3.8) is 0 Å². The van der Waals surface area contributed by atoms with E-state index in [1.165, 1.54) is 18.5 Å². The maximum absolute atomic E-state index is 12.1. The number of pyridine rings is 1. The minimum absolute atomic E-state index is 0.0705. The number of carboxylic acid groups (broad SMARTS) is 1. The number of nitrogens with zero attached hydrogens (tertiary/aromatic N) is 1. The van der Waals surface area contributed by atoms with Gasteiger partial charge in [-0.25, -0.2) is 4.79 Å². The molecular formula is C13H9NO4. The average Bonchev–Trinajstić information content (AvgIpc) is 2.39. The monoisotopic (exact) mass is 243 g/mol. The van der Waals surface area contributed by atoms with Gasteiger partial charge in [0.25, 0.3) is 0 Å². The highest BCUT2D eigenvalue weighted by molar-refractivity contribution is 6.10. The standard InChI is InChI=1S/C13H9NO4/c15-12(9-4-2-1-3-5-9)10-6-7-14-8-11(10)18-13(16)17/h1-8H,(H,16,17). The van der Waals surface area contributed by atoms with Crippen molar-refractivity contribution in [1.82, 2.24) is 4.98 Å². The third-order valence-corrected chi connectivity index (χ3v) is 2.26. The summed E-state index contributed by atoms with van der Waals surface area (Å²) in [6.45, 7) is 0. The van der Waals surface area contributed by atoms with Crippen molar-refractivity contribution in [2.45, 2.75) is 0 Å². The summed E-state index contributed by atoms with van der Waals surface area (Å²) in [4.78, 5) is 26.4. The number of rotatable bonds is 3. The molecular weight excluding hydrogens is 234 g/mol. The molecule has 0 aliphatic carbocycles. The summed E-state index contributed by atoms with van der Waals surface area (Å²) < 4.78 is 4.52. The van der Waals surface area contributed by atoms with E-state index in [1.807, 2.05) is 0 Å². The van der Waals surface area contributed by atoms with Crippen molar-refractivity contribution in [3.05, 3.63) is 59.9 Å². The molecule has 0 atom stereocenters. The second kappa shape index (κ2) is 5.09. The largest absolute Gasteiger partial charge is 0.511 e. The van der Waals surface area contributed by atoms with Crippen LogP contribution in [0.4, 0.5) is 4.79 Å². The van der Waals surface area contributed by atoms with Gasteiger partial charge in [0.1, 0.15) is 0 Å². The van der Waals surface area contributed by atoms with Crippen molar-refractivity contribution in [3.8, 4) is 5.75 Å². The number of ketones is 1. The first-order valence-electron chi connectivity index (χ1n) is 5.13. The van der Waals surface area contributed by atoms with Gasteiger partial charge < -0.3 is 9.84 Å². The highest BCUT2D eigenvalue weighted by Crippen LogP contribution is 2.20. The second-order valence-corrected chi connectivity index (χ2v) is 3.43. The summed E-state index contributed by atoms with van der Waals surface area (Å²) >= 11 is 0. The molecule has 0 spiro atoms. The number of hydrogen-bond donors (Lipinski definition) is 1. The van der Waals surface area contributed by atoms with E-state index < -0.39 is 6.16 Å². The lowest BCUT2D eigenvalue weighted by atomic mass is 10.0. The van der Waals surface area contributed by atoms with Crippen LogP contribution in [-0.2, 0) is 0 Å². The molecule has 0 amide bonds. The first-order valence-corrected chi connectivity index (χ1v) is 5.13. The molecule has 1 aromatic carbocycles. The molecule has 0 aliphatic heterocycles. The summed E-state index contributed by atoms with van der Waals surface area (Å²) in [6, 6.07) is 9.96. The van der Waals surface area contributed by atoms with Gasteiger partial charge in [0.15, 0.2) is 11.5 Å². The predicted octanol–water partition coefficient (Wildman–Crippen LogP) is 2.37. The molecule has 2 aromatic rings. The molecule has 2 rings (SSSR count). The van der Waals surface area contributed by atoms with Crippen molar-refractivity contribution < 1.29 is 19.4 Å². The lowest BCUT2D eigenvalue weighted by Gasteiger charge is -2.06. The zero-order valence-corrected chi connectivity index (χ0v) is 9.24. The van der Waals surface area contributed by atoms with Gasteiger partial charge in [-0.15, -0.1) is 0 Å². The maximum Gasteiger partial charge on any atom is 0.511 e. The molecule has 1 aromatic heterocycles. The number of ether oxygens (including phenoxy) is 1. The Hall–Kier alpha value is -2.69. The van der Waals surface area contributed by atoms with Crippen LogP contribution in [-0.4, -0.2) is 22.0 Å². The van der Waals surface area contributed by atoms with Gasteiger partial charge in [-0.3, -0.25) is 9.78 Å². The molecule has 0 saturated heterocycles. The minimum Gasteiger partial charge on any atom is -0.449 e. The van der Waals surface area contributed by atoms with Gasteiger partial charge in [0.2, 0.25) is 0 Å². The number of hydrogen-bond acceptors (Lipinski definition) is 4. The van der Waals surface area contributed by atoms with Gasteiger partial charge in [0.05, 0.1) is 11.8 Å². The van der Waals surface area contributed by atoms with Gasteiger partial charge in [-0.2, -0.15) is 0 Å². The molecule has 1 heterocycles. The summed E-state index contributed by atoms with van der Waals surface area (Å²) in [6.07, 6.45) is 1.12. The summed E-state index contributed by atoms with van der Waals surface area (Å²) in [7, 11) is 0. The molecule has 0 bridgehead atoms. The maximum atomic E-state index is 12.1. The zero-order valence-electron chi connectivity index (χ0n) is 9.24. The van der Waals surface area contributed by atoms with Gasteiger partial charge in [-0.05, 0) is 6.07 Å². The number of aromatic nitrogens is 1. The fourth-order valence-corrected chi connectivity index (χ4v) is 1.49. The van der Waals surface area contributed by atoms with Crippen molar-refractivity contribution in [2.75, 3.05) is 0 Å². The summed E-state index contributed by atoms with van der Waals surface area (Å²) in [5.74, 6) is -0.381. The minimum atomic E-state index is -1.48. The van der Waals surface area contributed by atoms with E-state index in [0.29, 0.717) is 5.56 Å². The Bertz CT molecular complexity index is 581. The van der Waals surface area contributed by atoms with E-state index in [-0.39, 0.29) is 17.1 Å². The highest BCUT2D eigenvalue weighted by Gasteiger charge is 2.16. The second-order valence-electron chi connectivity index (χ2n) is 3.43. The molecule has 0 unspecified atom stereocenters. The van der Waals surface area contributed by atoms with Crippen molar-refractivity contribution in [1.29, 1.82) is 0 Å². The van der Waals surface area contributed by atoms with E-state index in [2.05, 4.69) is 9.72 Å². The Balaban J connectivity index is 2.39. The Labute approximate surface area is 103 Å². The quantitative estimate of drug-likeness (QED) is 0.661. The Morgan fingerprint density at radius 3 is 2.50 bits per heavy atom. The summed E-state index contributed by atoms with van der Waals surface area (Å²) in [5, 5.41) is 8.58. The lowest BCUT2D eigenvalue weighted by molar-refractivity contribution is 0.103. The Morgan fingerprint density at radius 2 is 1.83 bits per heavy atom. The SMILES string of the molecule is O=C(O)Oc1cnccc1C(=O)c1ccccc1. The van der Waals surface area contributed by atoms with E-state index in [1.54, 1.807) is 30.3 Å². The fraction of sp³-hybridized carbons (Fsp3) is 0. The average molecular weight is 243 g/mol. The van der Waals surface area contributed by atoms with Crippen LogP contribution >= 0.6 is 0 Å². The Morgan fingerprint density at radius 1 is 1.11 bits per heavy atom. The van der Waals surface area contributed by atoms with E-state index in [4.69, 9.17) is 5.11 Å². The van der Waals surface area contributed by atoms with E-state index in [9.17, 15) is 9.59 Å². The molecule has 0 fully saturated rings. The van der Waals surface area contributed by atoms with Crippen molar-refractivity contribution in [2.24, 2.45) is 0 Å². The normalized spacial score (nSPS) is 9.78. The highest BCUT2D eigenvalue weighted by atomic mass is 16.7. The van der Waals surface area contributed by atoms with Gasteiger partial charge >= 0.3 is 6.16 Å². The first-order chi connectivity index (χ1) is 8.68. The van der Waals surface area contributed by atoms with Crippen LogP contribution in [0.25, 0.3) is 0 Å². The van der Waals surface area contributed by atoms with Gasteiger partial charge in [0, 0.05) is 11.8 Å². The van der Waals surface area contributed by atoms with Crippen LogP contribution < -0.4 is 4.74 Å². The van der Waals surface area contributed by atoms with Crippen LogP contribution in [0.2, 0.25) is 0 Å². The predicted molar refractivity (Wildman–Crippen MR) is 62.8 cm³/mol. The first kappa shape index (κ1) is 11.8. The molecule has 5 nitrogen and oxygen atoms in total. The molecule has 0 saturated carbocycles. The number of carbonyl (C=O) groups excluding carboxylic acids is 1. The molecule has 1 N–H and O–H groups in total. The third-order valence-electron chi connectivity index (χ3n) is 2.26. The van der Waals surface area contributed by atoms with Crippen LogP contribution in [0.3, 0.4) is 0 Å². The molecule has 0 aliphatic rings. The van der Waals surface area contributed by atoms with E-state index >= 15 is 0 Å². The molecule has 18 heavy (non-hydrogen) atoms. The van der Waals surface area contributed by atoms with Crippen LogP contribution in [0, 0.1) is 0 Å². The number of benzene rings is 1. The lowest BCUT2D eigenvalue weighted by Crippen LogP contribution is -2.09. The molecule has 5 heteroatoms. The van der Waals surface area contributed by atoms with Crippen LogP contribution in [0.5, 0.6) is 5.75 Å². The Kier molecular flexibility index (Phi) is 3.33. The summed E-state index contributed by atoms with van der Waals surface area (Å²) in [5.41, 5.74) is 0.623. The number of carbonyl (C=O) groups is 2. The van der Waals surface area contributed by atoms with Gasteiger partial charge in [-0.1, -0.05) is 30.3 Å². The van der Waals surface area contributed by atoms with Crippen LogP contribution in [0.15, 0.2) is 48.8 Å². The third kappa shape index (κ3) is 2.52. The topological polar surface area (TPSA) is 76.5 Å². The zero-order chi connectivity index (χ0) is 13.0. The molecule has 0 radical (unpaired) electrons. The molecule has 90 valence electrons. The van der Waals surface area contributed by atoms with Crippen molar-refractivity contribution >= 4 is 11.9 Å². The van der Waals surface area contributed by atoms with Crippen LogP contribution in [0.1, 0.15) is 15.9 Å².